The number of fused-ring (bicyclic) bond motifs is 3. The topological polar surface area (TPSA) is 0 Å². The predicted octanol–water partition coefficient (Wildman–Crippen LogP) is 3.54. The average Bonchev–Trinajstić information content (AvgIpc) is 2.59. The van der Waals surface area contributed by atoms with Gasteiger partial charge in [-0.05, 0) is 23.3 Å². The SMILES string of the molecule is Fc1cccc2c1Cc1cccc(F)c1-2. The van der Waals surface area contributed by atoms with E-state index in [9.17, 15) is 8.78 Å². The molecule has 0 heterocycles. The van der Waals surface area contributed by atoms with Gasteiger partial charge in [0.05, 0.1) is 0 Å². The molecule has 2 heteroatoms. The third-order valence-electron chi connectivity index (χ3n) is 2.86. The molecule has 0 fully saturated rings. The van der Waals surface area contributed by atoms with E-state index in [-0.39, 0.29) is 11.6 Å². The van der Waals surface area contributed by atoms with E-state index in [1.807, 2.05) is 6.07 Å². The van der Waals surface area contributed by atoms with E-state index in [2.05, 4.69) is 0 Å². The van der Waals surface area contributed by atoms with Crippen LogP contribution in [-0.4, -0.2) is 0 Å². The molecule has 0 saturated heterocycles. The average molecular weight is 202 g/mol. The van der Waals surface area contributed by atoms with Crippen molar-refractivity contribution >= 4 is 0 Å². The first-order chi connectivity index (χ1) is 7.27. The van der Waals surface area contributed by atoms with Gasteiger partial charge in [0.2, 0.25) is 0 Å². The standard InChI is InChI=1S/C13H8F2/c14-11-5-2-4-9-10(11)7-8-3-1-6-12(15)13(8)9/h1-6H,7H2. The van der Waals surface area contributed by atoms with Crippen LogP contribution in [0, 0.1) is 11.6 Å². The fourth-order valence-electron chi connectivity index (χ4n) is 2.18. The van der Waals surface area contributed by atoms with Gasteiger partial charge in [0.25, 0.3) is 0 Å². The molecule has 0 N–H and O–H groups in total. The number of benzene rings is 2. The Kier molecular flexibility index (Phi) is 1.66. The molecule has 0 radical (unpaired) electrons. The van der Waals surface area contributed by atoms with Crippen molar-refractivity contribution in [2.24, 2.45) is 0 Å². The van der Waals surface area contributed by atoms with Crippen LogP contribution in [0.3, 0.4) is 0 Å². The number of halogens is 2. The Morgan fingerprint density at radius 3 is 2.47 bits per heavy atom. The highest BCUT2D eigenvalue weighted by Crippen LogP contribution is 2.39. The summed E-state index contributed by atoms with van der Waals surface area (Å²) in [7, 11) is 0. The van der Waals surface area contributed by atoms with Crippen molar-refractivity contribution in [2.75, 3.05) is 0 Å². The minimum Gasteiger partial charge on any atom is -0.207 e. The molecule has 0 amide bonds. The molecule has 2 aromatic rings. The Labute approximate surface area is 86.2 Å². The van der Waals surface area contributed by atoms with E-state index >= 15 is 0 Å². The third-order valence-corrected chi connectivity index (χ3v) is 2.86. The van der Waals surface area contributed by atoms with Gasteiger partial charge < -0.3 is 0 Å². The monoisotopic (exact) mass is 202 g/mol. The largest absolute Gasteiger partial charge is 0.207 e. The number of rotatable bonds is 0. The highest BCUT2D eigenvalue weighted by Gasteiger charge is 2.23. The van der Waals surface area contributed by atoms with Crippen molar-refractivity contribution in [3.63, 3.8) is 0 Å². The second-order valence-corrected chi connectivity index (χ2v) is 3.72. The quantitative estimate of drug-likeness (QED) is 0.523. The van der Waals surface area contributed by atoms with E-state index in [4.69, 9.17) is 0 Å². The first-order valence-corrected chi connectivity index (χ1v) is 4.82. The van der Waals surface area contributed by atoms with Crippen LogP contribution in [0.5, 0.6) is 0 Å². The van der Waals surface area contributed by atoms with Gasteiger partial charge in [-0.15, -0.1) is 0 Å². The summed E-state index contributed by atoms with van der Waals surface area (Å²) in [5.41, 5.74) is 2.74. The molecular formula is C13H8F2. The zero-order valence-electron chi connectivity index (χ0n) is 7.93. The van der Waals surface area contributed by atoms with Crippen molar-refractivity contribution in [3.05, 3.63) is 59.2 Å². The molecule has 0 aromatic heterocycles. The zero-order valence-corrected chi connectivity index (χ0v) is 7.93. The minimum atomic E-state index is -0.267. The maximum Gasteiger partial charge on any atom is 0.131 e. The Morgan fingerprint density at radius 2 is 1.60 bits per heavy atom. The molecule has 2 aromatic carbocycles. The summed E-state index contributed by atoms with van der Waals surface area (Å²) in [4.78, 5) is 0. The fourth-order valence-corrected chi connectivity index (χ4v) is 2.18. The Morgan fingerprint density at radius 1 is 0.867 bits per heavy atom. The molecule has 3 rings (SSSR count). The van der Waals surface area contributed by atoms with E-state index in [1.165, 1.54) is 12.1 Å². The van der Waals surface area contributed by atoms with Gasteiger partial charge >= 0.3 is 0 Å². The van der Waals surface area contributed by atoms with Gasteiger partial charge in [0.15, 0.2) is 0 Å². The molecule has 74 valence electrons. The molecule has 0 bridgehead atoms. The van der Waals surface area contributed by atoms with Crippen LogP contribution in [0.4, 0.5) is 8.78 Å². The molecule has 0 atom stereocenters. The summed E-state index contributed by atoms with van der Waals surface area (Å²) in [6.45, 7) is 0. The molecular weight excluding hydrogens is 194 g/mol. The summed E-state index contributed by atoms with van der Waals surface area (Å²) in [6, 6.07) is 9.74. The van der Waals surface area contributed by atoms with Gasteiger partial charge in [-0.3, -0.25) is 0 Å². The number of hydrogen-bond acceptors (Lipinski definition) is 0. The summed E-state index contributed by atoms with van der Waals surface area (Å²) < 4.78 is 27.0. The van der Waals surface area contributed by atoms with Gasteiger partial charge in [0.1, 0.15) is 11.6 Å². The van der Waals surface area contributed by atoms with Crippen LogP contribution in [0.1, 0.15) is 11.1 Å². The van der Waals surface area contributed by atoms with Crippen LogP contribution in [0.25, 0.3) is 11.1 Å². The highest BCUT2D eigenvalue weighted by atomic mass is 19.1. The van der Waals surface area contributed by atoms with Crippen molar-refractivity contribution in [1.82, 2.24) is 0 Å². The Balaban J connectivity index is 2.36. The fraction of sp³-hybridized carbons (Fsp3) is 0.0769. The van der Waals surface area contributed by atoms with Crippen molar-refractivity contribution in [1.29, 1.82) is 0 Å². The maximum absolute atomic E-state index is 13.6. The van der Waals surface area contributed by atoms with E-state index in [1.54, 1.807) is 18.2 Å². The molecule has 0 aliphatic heterocycles. The summed E-state index contributed by atoms with van der Waals surface area (Å²) in [5, 5.41) is 0. The van der Waals surface area contributed by atoms with Gasteiger partial charge in [-0.2, -0.15) is 0 Å². The summed E-state index contributed by atoms with van der Waals surface area (Å²) >= 11 is 0. The van der Waals surface area contributed by atoms with Crippen LogP contribution in [-0.2, 0) is 6.42 Å². The first kappa shape index (κ1) is 8.60. The highest BCUT2D eigenvalue weighted by molar-refractivity contribution is 5.77. The molecule has 15 heavy (non-hydrogen) atoms. The third kappa shape index (κ3) is 1.11. The second kappa shape index (κ2) is 2.89. The Bertz CT molecular complexity index is 544. The van der Waals surface area contributed by atoms with E-state index < -0.39 is 0 Å². The lowest BCUT2D eigenvalue weighted by Crippen LogP contribution is -1.85. The first-order valence-electron chi connectivity index (χ1n) is 4.82. The van der Waals surface area contributed by atoms with Gasteiger partial charge in [-0.1, -0.05) is 24.3 Å². The predicted molar refractivity (Wildman–Crippen MR) is 54.6 cm³/mol. The van der Waals surface area contributed by atoms with Crippen LogP contribution < -0.4 is 0 Å². The van der Waals surface area contributed by atoms with Crippen molar-refractivity contribution in [2.45, 2.75) is 6.42 Å². The van der Waals surface area contributed by atoms with E-state index in [0.717, 1.165) is 5.56 Å². The molecule has 1 aliphatic carbocycles. The van der Waals surface area contributed by atoms with Gasteiger partial charge in [0, 0.05) is 17.5 Å². The van der Waals surface area contributed by atoms with Crippen molar-refractivity contribution in [3.8, 4) is 11.1 Å². The summed E-state index contributed by atoms with van der Waals surface area (Å²) in [6.07, 6.45) is 0.495. The normalized spacial score (nSPS) is 12.4. The van der Waals surface area contributed by atoms with Crippen LogP contribution >= 0.6 is 0 Å². The lowest BCUT2D eigenvalue weighted by molar-refractivity contribution is 0.616. The lowest BCUT2D eigenvalue weighted by atomic mass is 10.1. The molecule has 0 nitrogen and oxygen atoms in total. The van der Waals surface area contributed by atoms with Gasteiger partial charge in [-0.25, -0.2) is 8.78 Å². The van der Waals surface area contributed by atoms with Crippen LogP contribution in [0.2, 0.25) is 0 Å². The zero-order chi connectivity index (χ0) is 10.4. The van der Waals surface area contributed by atoms with Crippen molar-refractivity contribution < 1.29 is 8.78 Å². The molecule has 0 spiro atoms. The Hall–Kier alpha value is -1.70. The second-order valence-electron chi connectivity index (χ2n) is 3.72. The molecule has 0 unspecified atom stereocenters. The smallest absolute Gasteiger partial charge is 0.131 e. The molecule has 1 aliphatic rings. The maximum atomic E-state index is 13.6. The minimum absolute atomic E-state index is 0.247. The van der Waals surface area contributed by atoms with Crippen LogP contribution in [0.15, 0.2) is 36.4 Å². The van der Waals surface area contributed by atoms with E-state index in [0.29, 0.717) is 23.1 Å². The molecule has 0 saturated carbocycles. The summed E-state index contributed by atoms with van der Waals surface area (Å²) in [5.74, 6) is -0.514. The number of hydrogen-bond donors (Lipinski definition) is 0. The lowest BCUT2D eigenvalue weighted by Gasteiger charge is -2.01.